The van der Waals surface area contributed by atoms with Gasteiger partial charge in [-0.05, 0) is 50.6 Å². The van der Waals surface area contributed by atoms with E-state index in [4.69, 9.17) is 9.84 Å². The first-order chi connectivity index (χ1) is 12.5. The number of carbonyl (C=O) groups excluding carboxylic acids is 1. The maximum absolute atomic E-state index is 12.4. The highest BCUT2D eigenvalue weighted by Gasteiger charge is 2.27. The Kier molecular flexibility index (Phi) is 8.25. The minimum absolute atomic E-state index is 0.0721. The molecule has 0 unspecified atom stereocenters. The Morgan fingerprint density at radius 3 is 2.42 bits per heavy atom. The summed E-state index contributed by atoms with van der Waals surface area (Å²) in [5, 5.41) is 8.99. The summed E-state index contributed by atoms with van der Waals surface area (Å²) in [5.74, 6) is 0.610. The van der Waals surface area contributed by atoms with Crippen molar-refractivity contribution < 1.29 is 19.4 Å². The van der Waals surface area contributed by atoms with Crippen molar-refractivity contribution in [1.82, 2.24) is 9.80 Å². The number of nitrogens with zero attached hydrogens (tertiary/aromatic N) is 2. The Hall–Kier alpha value is -1.73. The lowest BCUT2D eigenvalue weighted by molar-refractivity contribution is -0.140. The highest BCUT2D eigenvalue weighted by atomic mass is 32.2. The number of rotatable bonds is 9. The van der Waals surface area contributed by atoms with Gasteiger partial charge in [0.05, 0.1) is 18.9 Å². The molecule has 1 saturated heterocycles. The van der Waals surface area contributed by atoms with E-state index in [9.17, 15) is 9.59 Å². The first-order valence-electron chi connectivity index (χ1n) is 9.12. The first kappa shape index (κ1) is 20.6. The average molecular weight is 381 g/mol. The van der Waals surface area contributed by atoms with Gasteiger partial charge >= 0.3 is 5.97 Å². The van der Waals surface area contributed by atoms with Crippen LogP contribution in [0, 0.1) is 0 Å². The molecule has 1 aliphatic rings. The summed E-state index contributed by atoms with van der Waals surface area (Å²) in [6, 6.07) is 8.03. The van der Waals surface area contributed by atoms with E-state index in [2.05, 4.69) is 0 Å². The minimum atomic E-state index is -0.794. The molecule has 1 aromatic carbocycles. The molecule has 0 saturated carbocycles. The van der Waals surface area contributed by atoms with Crippen LogP contribution in [0.4, 0.5) is 0 Å². The summed E-state index contributed by atoms with van der Waals surface area (Å²) in [4.78, 5) is 28.3. The Bertz CT molecular complexity index is 586. The molecule has 1 aliphatic heterocycles. The fraction of sp³-hybridized carbons (Fsp3) is 0.579. The third-order valence-corrected chi connectivity index (χ3v) is 5.57. The van der Waals surface area contributed by atoms with Gasteiger partial charge in [0.25, 0.3) is 0 Å². The molecule has 6 nitrogen and oxygen atoms in total. The zero-order valence-electron chi connectivity index (χ0n) is 15.5. The van der Waals surface area contributed by atoms with Gasteiger partial charge in [-0.1, -0.05) is 6.92 Å². The van der Waals surface area contributed by atoms with E-state index in [1.807, 2.05) is 47.9 Å². The van der Waals surface area contributed by atoms with Crippen molar-refractivity contribution in [2.75, 3.05) is 38.5 Å². The van der Waals surface area contributed by atoms with Gasteiger partial charge in [-0.2, -0.15) is 0 Å². The van der Waals surface area contributed by atoms with Gasteiger partial charge < -0.3 is 14.7 Å². The topological polar surface area (TPSA) is 70.1 Å². The monoisotopic (exact) mass is 380 g/mol. The van der Waals surface area contributed by atoms with Crippen molar-refractivity contribution in [3.8, 4) is 5.75 Å². The number of piperidine rings is 1. The summed E-state index contributed by atoms with van der Waals surface area (Å²) in [7, 11) is 0. The molecule has 1 N–H and O–H groups in total. The number of carboxylic acids is 1. The summed E-state index contributed by atoms with van der Waals surface area (Å²) in [6.07, 6.45) is 1.67. The van der Waals surface area contributed by atoms with Gasteiger partial charge in [0, 0.05) is 24.0 Å². The highest BCUT2D eigenvalue weighted by molar-refractivity contribution is 8.00. The third kappa shape index (κ3) is 6.21. The third-order valence-electron chi connectivity index (χ3n) is 4.58. The second-order valence-electron chi connectivity index (χ2n) is 6.26. The normalized spacial score (nSPS) is 15.3. The number of carboxylic acid groups (broad SMARTS) is 1. The Labute approximate surface area is 159 Å². The molecule has 2 rings (SSSR count). The maximum atomic E-state index is 12.4. The number of aliphatic carboxylic acids is 1. The lowest BCUT2D eigenvalue weighted by Crippen LogP contribution is -2.48. The standard InChI is InChI=1S/C19H28N2O4S/c1-3-20(13-19(23)24)15-9-11-21(12-10-15)18(22)14-26-17-7-5-16(6-8-17)25-4-2/h5-8,15H,3-4,9-14H2,1-2H3,(H,23,24). The number of likely N-dealkylation sites (tertiary alicyclic amines) is 1. The van der Waals surface area contributed by atoms with Crippen LogP contribution >= 0.6 is 11.8 Å². The summed E-state index contributed by atoms with van der Waals surface area (Å²) in [5.41, 5.74) is 0. The van der Waals surface area contributed by atoms with Crippen LogP contribution < -0.4 is 4.74 Å². The van der Waals surface area contributed by atoms with Crippen LogP contribution in [0.3, 0.4) is 0 Å². The summed E-state index contributed by atoms with van der Waals surface area (Å²) in [6.45, 7) is 6.76. The maximum Gasteiger partial charge on any atom is 0.317 e. The Morgan fingerprint density at radius 1 is 1.23 bits per heavy atom. The Morgan fingerprint density at radius 2 is 1.88 bits per heavy atom. The van der Waals surface area contributed by atoms with Crippen molar-refractivity contribution in [1.29, 1.82) is 0 Å². The predicted molar refractivity (Wildman–Crippen MR) is 103 cm³/mol. The van der Waals surface area contributed by atoms with Crippen LogP contribution in [0.5, 0.6) is 5.75 Å². The quantitative estimate of drug-likeness (QED) is 0.664. The van der Waals surface area contributed by atoms with Crippen molar-refractivity contribution in [2.24, 2.45) is 0 Å². The molecule has 0 spiro atoms. The van der Waals surface area contributed by atoms with Crippen molar-refractivity contribution in [3.63, 3.8) is 0 Å². The number of likely N-dealkylation sites (N-methyl/N-ethyl adjacent to an activating group) is 1. The molecular formula is C19H28N2O4S. The molecule has 144 valence electrons. The number of ether oxygens (including phenoxy) is 1. The predicted octanol–water partition coefficient (Wildman–Crippen LogP) is 2.57. The van der Waals surface area contributed by atoms with E-state index >= 15 is 0 Å². The number of hydrogen-bond donors (Lipinski definition) is 1. The number of carbonyl (C=O) groups is 2. The van der Waals surface area contributed by atoms with Crippen molar-refractivity contribution in [2.45, 2.75) is 37.6 Å². The molecule has 1 aromatic rings. The van der Waals surface area contributed by atoms with Gasteiger partial charge in [0.15, 0.2) is 0 Å². The fourth-order valence-electron chi connectivity index (χ4n) is 3.19. The molecule has 26 heavy (non-hydrogen) atoms. The zero-order valence-corrected chi connectivity index (χ0v) is 16.3. The van der Waals surface area contributed by atoms with Crippen molar-refractivity contribution in [3.05, 3.63) is 24.3 Å². The lowest BCUT2D eigenvalue weighted by atomic mass is 10.0. The van der Waals surface area contributed by atoms with Crippen LogP contribution in [0.25, 0.3) is 0 Å². The molecule has 0 radical (unpaired) electrons. The number of thioether (sulfide) groups is 1. The molecule has 1 amide bonds. The van der Waals surface area contributed by atoms with Gasteiger partial charge in [0.2, 0.25) is 5.91 Å². The molecule has 7 heteroatoms. The van der Waals surface area contributed by atoms with E-state index in [1.165, 1.54) is 11.8 Å². The van der Waals surface area contributed by atoms with Crippen LogP contribution in [-0.2, 0) is 9.59 Å². The summed E-state index contributed by atoms with van der Waals surface area (Å²) < 4.78 is 5.42. The lowest BCUT2D eigenvalue weighted by Gasteiger charge is -2.37. The van der Waals surface area contributed by atoms with Crippen LogP contribution in [0.1, 0.15) is 26.7 Å². The minimum Gasteiger partial charge on any atom is -0.494 e. The number of amides is 1. The Balaban J connectivity index is 1.76. The number of hydrogen-bond acceptors (Lipinski definition) is 5. The smallest absolute Gasteiger partial charge is 0.317 e. The second-order valence-corrected chi connectivity index (χ2v) is 7.31. The van der Waals surface area contributed by atoms with Gasteiger partial charge in [-0.25, -0.2) is 0 Å². The molecular weight excluding hydrogens is 352 g/mol. The van der Waals surface area contributed by atoms with E-state index in [0.29, 0.717) is 25.4 Å². The zero-order chi connectivity index (χ0) is 18.9. The van der Waals surface area contributed by atoms with Crippen LogP contribution in [-0.4, -0.2) is 71.4 Å². The van der Waals surface area contributed by atoms with Crippen LogP contribution in [0.2, 0.25) is 0 Å². The molecule has 0 aliphatic carbocycles. The molecule has 1 heterocycles. The largest absolute Gasteiger partial charge is 0.494 e. The van der Waals surface area contributed by atoms with E-state index in [-0.39, 0.29) is 18.5 Å². The second kappa shape index (κ2) is 10.4. The SMILES string of the molecule is CCOc1ccc(SCC(=O)N2CCC(N(CC)CC(=O)O)CC2)cc1. The molecule has 0 bridgehead atoms. The molecule has 0 aromatic heterocycles. The fourth-order valence-corrected chi connectivity index (χ4v) is 3.99. The van der Waals surface area contributed by atoms with E-state index in [0.717, 1.165) is 30.0 Å². The first-order valence-corrected chi connectivity index (χ1v) is 10.1. The molecule has 0 atom stereocenters. The average Bonchev–Trinajstić information content (AvgIpc) is 2.65. The van der Waals surface area contributed by atoms with E-state index in [1.54, 1.807) is 0 Å². The highest BCUT2D eigenvalue weighted by Crippen LogP contribution is 2.23. The summed E-state index contributed by atoms with van der Waals surface area (Å²) >= 11 is 1.53. The van der Waals surface area contributed by atoms with Crippen molar-refractivity contribution >= 4 is 23.6 Å². The van der Waals surface area contributed by atoms with Gasteiger partial charge in [-0.3, -0.25) is 14.5 Å². The number of benzene rings is 1. The van der Waals surface area contributed by atoms with Gasteiger partial charge in [-0.15, -0.1) is 11.8 Å². The molecule has 1 fully saturated rings. The van der Waals surface area contributed by atoms with Gasteiger partial charge in [0.1, 0.15) is 5.75 Å². The van der Waals surface area contributed by atoms with E-state index < -0.39 is 5.97 Å². The van der Waals surface area contributed by atoms with Crippen LogP contribution in [0.15, 0.2) is 29.2 Å².